The average Bonchev–Trinajstić information content (AvgIpc) is 2.81. The standard InChI is InChI=1S/C13H25N3O3S/c1-4-16-10-13(9-12(16)11-17)20(18,19)14-7-5-6-8-15(2)3/h9-10,14,17H,4-8,11H2,1-3H3. The van der Waals surface area contributed by atoms with Gasteiger partial charge in [-0.1, -0.05) is 0 Å². The van der Waals surface area contributed by atoms with Crippen LogP contribution in [0.4, 0.5) is 0 Å². The summed E-state index contributed by atoms with van der Waals surface area (Å²) in [5.41, 5.74) is 0.612. The summed E-state index contributed by atoms with van der Waals surface area (Å²) in [6.45, 7) is 3.76. The highest BCUT2D eigenvalue weighted by Gasteiger charge is 2.17. The van der Waals surface area contributed by atoms with Gasteiger partial charge in [0.15, 0.2) is 0 Å². The molecule has 7 heteroatoms. The normalized spacial score (nSPS) is 12.2. The predicted molar refractivity (Wildman–Crippen MR) is 79.0 cm³/mol. The molecule has 20 heavy (non-hydrogen) atoms. The first-order valence-corrected chi connectivity index (χ1v) is 8.33. The zero-order valence-corrected chi connectivity index (χ0v) is 13.3. The van der Waals surface area contributed by atoms with E-state index in [2.05, 4.69) is 9.62 Å². The van der Waals surface area contributed by atoms with Gasteiger partial charge in [-0.05, 0) is 46.5 Å². The van der Waals surface area contributed by atoms with Crippen molar-refractivity contribution in [2.75, 3.05) is 27.2 Å². The van der Waals surface area contributed by atoms with Gasteiger partial charge in [0.1, 0.15) is 0 Å². The summed E-state index contributed by atoms with van der Waals surface area (Å²) in [5, 5.41) is 9.19. The Labute approximate surface area is 121 Å². The Bertz CT molecular complexity index is 487. The van der Waals surface area contributed by atoms with Crippen LogP contribution in [0.25, 0.3) is 0 Å². The third kappa shape index (κ3) is 4.90. The summed E-state index contributed by atoms with van der Waals surface area (Å²) >= 11 is 0. The highest BCUT2D eigenvalue weighted by molar-refractivity contribution is 7.89. The summed E-state index contributed by atoms with van der Waals surface area (Å²) in [4.78, 5) is 2.29. The van der Waals surface area contributed by atoms with Gasteiger partial charge in [0.05, 0.1) is 11.5 Å². The maximum atomic E-state index is 12.1. The minimum Gasteiger partial charge on any atom is -0.390 e. The van der Waals surface area contributed by atoms with Crippen LogP contribution in [0.1, 0.15) is 25.5 Å². The van der Waals surface area contributed by atoms with E-state index in [0.717, 1.165) is 19.4 Å². The van der Waals surface area contributed by atoms with Crippen LogP contribution in [-0.4, -0.2) is 50.2 Å². The van der Waals surface area contributed by atoms with E-state index in [0.29, 0.717) is 18.8 Å². The van der Waals surface area contributed by atoms with Crippen molar-refractivity contribution in [2.24, 2.45) is 0 Å². The highest BCUT2D eigenvalue weighted by Crippen LogP contribution is 2.14. The van der Waals surface area contributed by atoms with Crippen LogP contribution in [0.2, 0.25) is 0 Å². The molecule has 2 N–H and O–H groups in total. The van der Waals surface area contributed by atoms with Gasteiger partial charge in [-0.15, -0.1) is 0 Å². The van der Waals surface area contributed by atoms with Crippen molar-refractivity contribution in [3.8, 4) is 0 Å². The van der Waals surface area contributed by atoms with Gasteiger partial charge >= 0.3 is 0 Å². The van der Waals surface area contributed by atoms with Crippen molar-refractivity contribution in [2.45, 2.75) is 37.8 Å². The maximum absolute atomic E-state index is 12.1. The number of aryl methyl sites for hydroxylation is 1. The number of aromatic nitrogens is 1. The molecule has 0 saturated carbocycles. The monoisotopic (exact) mass is 303 g/mol. The van der Waals surface area contributed by atoms with Crippen LogP contribution in [0, 0.1) is 0 Å². The van der Waals surface area contributed by atoms with Crippen molar-refractivity contribution in [1.29, 1.82) is 0 Å². The molecule has 0 unspecified atom stereocenters. The molecule has 1 aromatic rings. The van der Waals surface area contributed by atoms with E-state index >= 15 is 0 Å². The van der Waals surface area contributed by atoms with Crippen molar-refractivity contribution in [1.82, 2.24) is 14.2 Å². The van der Waals surface area contributed by atoms with Crippen LogP contribution in [-0.2, 0) is 23.2 Å². The predicted octanol–water partition coefficient (Wildman–Crippen LogP) is 0.620. The van der Waals surface area contributed by atoms with Gasteiger partial charge in [0.25, 0.3) is 0 Å². The molecule has 0 fully saturated rings. The van der Waals surface area contributed by atoms with Crippen molar-refractivity contribution < 1.29 is 13.5 Å². The number of rotatable bonds is 9. The van der Waals surface area contributed by atoms with E-state index in [9.17, 15) is 13.5 Å². The van der Waals surface area contributed by atoms with Crippen LogP contribution in [0.3, 0.4) is 0 Å². The lowest BCUT2D eigenvalue weighted by Crippen LogP contribution is -2.25. The third-order valence-corrected chi connectivity index (χ3v) is 4.53. The fourth-order valence-corrected chi connectivity index (χ4v) is 3.08. The maximum Gasteiger partial charge on any atom is 0.242 e. The molecule has 0 saturated heterocycles. The molecule has 0 atom stereocenters. The van der Waals surface area contributed by atoms with E-state index in [4.69, 9.17) is 0 Å². The molecular weight excluding hydrogens is 278 g/mol. The Morgan fingerprint density at radius 1 is 1.35 bits per heavy atom. The van der Waals surface area contributed by atoms with Crippen LogP contribution in [0.5, 0.6) is 0 Å². The van der Waals surface area contributed by atoms with Gasteiger partial charge in [-0.3, -0.25) is 0 Å². The van der Waals surface area contributed by atoms with Gasteiger partial charge < -0.3 is 14.6 Å². The first-order valence-electron chi connectivity index (χ1n) is 6.85. The first kappa shape index (κ1) is 17.2. The number of aliphatic hydroxyl groups excluding tert-OH is 1. The van der Waals surface area contributed by atoms with Crippen molar-refractivity contribution in [3.63, 3.8) is 0 Å². The molecular formula is C13H25N3O3S. The second-order valence-corrected chi connectivity index (χ2v) is 6.79. The lowest BCUT2D eigenvalue weighted by atomic mass is 10.3. The topological polar surface area (TPSA) is 74.6 Å². The van der Waals surface area contributed by atoms with Gasteiger partial charge in [0.2, 0.25) is 10.0 Å². The lowest BCUT2D eigenvalue weighted by molar-refractivity contribution is 0.271. The SMILES string of the molecule is CCn1cc(S(=O)(=O)NCCCCN(C)C)cc1CO. The summed E-state index contributed by atoms with van der Waals surface area (Å²) in [5.74, 6) is 0. The molecule has 0 aliphatic heterocycles. The first-order chi connectivity index (χ1) is 9.40. The zero-order chi connectivity index (χ0) is 15.2. The molecule has 0 amide bonds. The average molecular weight is 303 g/mol. The summed E-state index contributed by atoms with van der Waals surface area (Å²) < 4.78 is 28.6. The summed E-state index contributed by atoms with van der Waals surface area (Å²) in [6.07, 6.45) is 3.32. The molecule has 0 bridgehead atoms. The van der Waals surface area contributed by atoms with Crippen molar-refractivity contribution >= 4 is 10.0 Å². The molecule has 1 rings (SSSR count). The molecule has 0 radical (unpaired) electrons. The Hall–Kier alpha value is -0.890. The number of unbranched alkanes of at least 4 members (excludes halogenated alkanes) is 1. The Balaban J connectivity index is 2.58. The smallest absolute Gasteiger partial charge is 0.242 e. The van der Waals surface area contributed by atoms with E-state index in [1.165, 1.54) is 6.07 Å². The zero-order valence-electron chi connectivity index (χ0n) is 12.5. The minimum absolute atomic E-state index is 0.161. The number of nitrogens with one attached hydrogen (secondary N) is 1. The third-order valence-electron chi connectivity index (χ3n) is 3.10. The number of hydrogen-bond donors (Lipinski definition) is 2. The number of sulfonamides is 1. The quantitative estimate of drug-likeness (QED) is 0.656. The number of aliphatic hydroxyl groups is 1. The second kappa shape index (κ2) is 7.78. The summed E-state index contributed by atoms with van der Waals surface area (Å²) in [7, 11) is 0.510. The molecule has 6 nitrogen and oxygen atoms in total. The van der Waals surface area contributed by atoms with Crippen LogP contribution < -0.4 is 4.72 Å². The van der Waals surface area contributed by atoms with Crippen LogP contribution >= 0.6 is 0 Å². The lowest BCUT2D eigenvalue weighted by Gasteiger charge is -2.09. The van der Waals surface area contributed by atoms with Gasteiger partial charge in [-0.25, -0.2) is 13.1 Å². The van der Waals surface area contributed by atoms with E-state index in [1.54, 1.807) is 10.8 Å². The number of nitrogens with zero attached hydrogens (tertiary/aromatic N) is 2. The van der Waals surface area contributed by atoms with E-state index in [-0.39, 0.29) is 11.5 Å². The molecule has 116 valence electrons. The van der Waals surface area contributed by atoms with E-state index < -0.39 is 10.0 Å². The second-order valence-electron chi connectivity index (χ2n) is 5.02. The largest absolute Gasteiger partial charge is 0.390 e. The fraction of sp³-hybridized carbons (Fsp3) is 0.692. The Kier molecular flexibility index (Phi) is 6.67. The molecule has 0 aliphatic rings. The molecule has 1 heterocycles. The Morgan fingerprint density at radius 3 is 2.55 bits per heavy atom. The van der Waals surface area contributed by atoms with Crippen molar-refractivity contribution in [3.05, 3.63) is 18.0 Å². The van der Waals surface area contributed by atoms with E-state index in [1.807, 2.05) is 21.0 Å². The minimum atomic E-state index is -3.48. The van der Waals surface area contributed by atoms with Gasteiger partial charge in [-0.2, -0.15) is 0 Å². The Morgan fingerprint density at radius 2 is 2.05 bits per heavy atom. The van der Waals surface area contributed by atoms with Gasteiger partial charge in [0, 0.05) is 25.0 Å². The fourth-order valence-electron chi connectivity index (χ4n) is 1.94. The molecule has 0 aliphatic carbocycles. The number of hydrogen-bond acceptors (Lipinski definition) is 4. The highest BCUT2D eigenvalue weighted by atomic mass is 32.2. The summed E-state index contributed by atoms with van der Waals surface area (Å²) in [6, 6.07) is 1.52. The van der Waals surface area contributed by atoms with Crippen LogP contribution in [0.15, 0.2) is 17.2 Å². The molecule has 0 spiro atoms. The molecule has 1 aromatic heterocycles. The molecule has 0 aromatic carbocycles.